The molecule has 17 heavy (non-hydrogen) atoms. The predicted octanol–water partition coefficient (Wildman–Crippen LogP) is -1.72. The molecule has 92 valence electrons. The summed E-state index contributed by atoms with van der Waals surface area (Å²) < 4.78 is 0. The molecule has 6 nitrogen and oxygen atoms in total. The fourth-order valence-electron chi connectivity index (χ4n) is 2.81. The van der Waals surface area contributed by atoms with Crippen LogP contribution in [-0.2, 0) is 14.4 Å². The SMILES string of the molecule is CN1C(=O)[C@H]2CN(C(=O)C3CNC3)C[C@@H]2C1=O. The molecule has 0 bridgehead atoms. The van der Waals surface area contributed by atoms with E-state index in [1.54, 1.807) is 4.90 Å². The van der Waals surface area contributed by atoms with Crippen LogP contribution in [0.4, 0.5) is 0 Å². The Hall–Kier alpha value is -1.43. The molecular weight excluding hydrogens is 222 g/mol. The van der Waals surface area contributed by atoms with Gasteiger partial charge in [0.2, 0.25) is 17.7 Å². The summed E-state index contributed by atoms with van der Waals surface area (Å²) in [5.74, 6) is -0.754. The number of rotatable bonds is 1. The number of nitrogens with one attached hydrogen (secondary N) is 1. The fourth-order valence-corrected chi connectivity index (χ4v) is 2.81. The Morgan fingerprint density at radius 3 is 2.12 bits per heavy atom. The van der Waals surface area contributed by atoms with Gasteiger partial charge < -0.3 is 10.2 Å². The Labute approximate surface area is 98.9 Å². The molecule has 1 N–H and O–H groups in total. The zero-order chi connectivity index (χ0) is 12.2. The average Bonchev–Trinajstić information content (AvgIpc) is 2.74. The molecule has 3 rings (SSSR count). The van der Waals surface area contributed by atoms with Crippen LogP contribution in [0.3, 0.4) is 0 Å². The number of likely N-dealkylation sites (tertiary alicyclic amines) is 2. The lowest BCUT2D eigenvalue weighted by Gasteiger charge is -2.30. The van der Waals surface area contributed by atoms with E-state index in [0.717, 1.165) is 0 Å². The molecule has 0 saturated carbocycles. The molecule has 6 heteroatoms. The molecule has 0 spiro atoms. The minimum absolute atomic E-state index is 0.0387. The Bertz CT molecular complexity index is 381. The van der Waals surface area contributed by atoms with E-state index in [1.165, 1.54) is 11.9 Å². The Morgan fingerprint density at radius 2 is 1.71 bits per heavy atom. The smallest absolute Gasteiger partial charge is 0.234 e. The summed E-state index contributed by atoms with van der Waals surface area (Å²) >= 11 is 0. The first-order chi connectivity index (χ1) is 8.09. The molecule has 3 fully saturated rings. The normalized spacial score (nSPS) is 33.0. The van der Waals surface area contributed by atoms with Crippen LogP contribution in [0.15, 0.2) is 0 Å². The highest BCUT2D eigenvalue weighted by Crippen LogP contribution is 2.33. The summed E-state index contributed by atoms with van der Waals surface area (Å²) in [5, 5.41) is 3.05. The van der Waals surface area contributed by atoms with Crippen LogP contribution in [0.1, 0.15) is 0 Å². The molecule has 3 saturated heterocycles. The maximum atomic E-state index is 12.0. The van der Waals surface area contributed by atoms with Crippen LogP contribution in [0.5, 0.6) is 0 Å². The van der Waals surface area contributed by atoms with Gasteiger partial charge in [0.25, 0.3) is 0 Å². The van der Waals surface area contributed by atoms with Crippen molar-refractivity contribution in [2.75, 3.05) is 33.2 Å². The number of fused-ring (bicyclic) bond motifs is 1. The van der Waals surface area contributed by atoms with Crippen LogP contribution in [-0.4, -0.2) is 60.7 Å². The van der Waals surface area contributed by atoms with Crippen molar-refractivity contribution >= 4 is 17.7 Å². The number of nitrogens with zero attached hydrogens (tertiary/aromatic N) is 2. The molecule has 0 aromatic rings. The Balaban J connectivity index is 1.72. The van der Waals surface area contributed by atoms with E-state index in [4.69, 9.17) is 0 Å². The van der Waals surface area contributed by atoms with Gasteiger partial charge in [-0.1, -0.05) is 0 Å². The molecule has 0 aromatic carbocycles. The molecule has 3 aliphatic heterocycles. The summed E-state index contributed by atoms with van der Waals surface area (Å²) in [7, 11) is 1.52. The third-order valence-electron chi connectivity index (χ3n) is 4.06. The summed E-state index contributed by atoms with van der Waals surface area (Å²) in [6.07, 6.45) is 0. The lowest BCUT2D eigenvalue weighted by atomic mass is 10.00. The summed E-state index contributed by atoms with van der Waals surface area (Å²) in [5.41, 5.74) is 0. The number of carbonyl (C=O) groups excluding carboxylic acids is 3. The molecule has 0 aliphatic carbocycles. The lowest BCUT2D eigenvalue weighted by molar-refractivity contribution is -0.140. The van der Waals surface area contributed by atoms with Crippen molar-refractivity contribution in [3.8, 4) is 0 Å². The van der Waals surface area contributed by atoms with Crippen molar-refractivity contribution in [1.29, 1.82) is 0 Å². The zero-order valence-corrected chi connectivity index (χ0v) is 9.68. The third kappa shape index (κ3) is 1.40. The summed E-state index contributed by atoms with van der Waals surface area (Å²) in [6, 6.07) is 0. The van der Waals surface area contributed by atoms with Gasteiger partial charge in [0.1, 0.15) is 0 Å². The van der Waals surface area contributed by atoms with Gasteiger partial charge in [0.15, 0.2) is 0 Å². The van der Waals surface area contributed by atoms with E-state index in [9.17, 15) is 14.4 Å². The summed E-state index contributed by atoms with van der Waals surface area (Å²) in [6.45, 7) is 2.25. The number of imide groups is 1. The Kier molecular flexibility index (Phi) is 2.22. The average molecular weight is 237 g/mol. The lowest BCUT2D eigenvalue weighted by Crippen LogP contribution is -2.52. The number of hydrogen-bond acceptors (Lipinski definition) is 4. The molecule has 0 aromatic heterocycles. The highest BCUT2D eigenvalue weighted by molar-refractivity contribution is 6.06. The molecule has 2 atom stereocenters. The highest BCUT2D eigenvalue weighted by atomic mass is 16.2. The van der Waals surface area contributed by atoms with Crippen LogP contribution >= 0.6 is 0 Å². The second-order valence-electron chi connectivity index (χ2n) is 5.05. The minimum atomic E-state index is -0.301. The van der Waals surface area contributed by atoms with Gasteiger partial charge in [-0.2, -0.15) is 0 Å². The van der Waals surface area contributed by atoms with Crippen LogP contribution in [0.2, 0.25) is 0 Å². The standard InChI is InChI=1S/C11H15N3O3/c1-13-10(16)7-4-14(5-8(7)11(13)17)9(15)6-2-12-3-6/h6-8,12H,2-5H2,1H3/t7-,8-/m0/s1. The van der Waals surface area contributed by atoms with Crippen molar-refractivity contribution in [3.05, 3.63) is 0 Å². The fraction of sp³-hybridized carbons (Fsp3) is 0.727. The Morgan fingerprint density at radius 1 is 1.18 bits per heavy atom. The first-order valence-corrected chi connectivity index (χ1v) is 5.90. The maximum absolute atomic E-state index is 12.0. The second kappa shape index (κ2) is 3.53. The van der Waals surface area contributed by atoms with E-state index < -0.39 is 0 Å². The van der Waals surface area contributed by atoms with E-state index in [-0.39, 0.29) is 35.5 Å². The van der Waals surface area contributed by atoms with Gasteiger partial charge in [0.05, 0.1) is 17.8 Å². The van der Waals surface area contributed by atoms with Gasteiger partial charge >= 0.3 is 0 Å². The second-order valence-corrected chi connectivity index (χ2v) is 5.05. The van der Waals surface area contributed by atoms with E-state index in [0.29, 0.717) is 26.2 Å². The van der Waals surface area contributed by atoms with Gasteiger partial charge in [-0.25, -0.2) is 0 Å². The minimum Gasteiger partial charge on any atom is -0.341 e. The molecule has 0 unspecified atom stereocenters. The molecule has 0 radical (unpaired) electrons. The van der Waals surface area contributed by atoms with E-state index in [1.807, 2.05) is 0 Å². The van der Waals surface area contributed by atoms with Crippen LogP contribution in [0.25, 0.3) is 0 Å². The van der Waals surface area contributed by atoms with Crippen molar-refractivity contribution in [3.63, 3.8) is 0 Å². The van der Waals surface area contributed by atoms with E-state index in [2.05, 4.69) is 5.32 Å². The van der Waals surface area contributed by atoms with E-state index >= 15 is 0 Å². The van der Waals surface area contributed by atoms with Crippen molar-refractivity contribution in [2.24, 2.45) is 17.8 Å². The van der Waals surface area contributed by atoms with Crippen LogP contribution in [0, 0.1) is 17.8 Å². The highest BCUT2D eigenvalue weighted by Gasteiger charge is 2.52. The molecule has 3 aliphatic rings. The maximum Gasteiger partial charge on any atom is 0.234 e. The van der Waals surface area contributed by atoms with Gasteiger partial charge in [0, 0.05) is 33.2 Å². The predicted molar refractivity (Wildman–Crippen MR) is 57.7 cm³/mol. The quantitative estimate of drug-likeness (QED) is 0.551. The first-order valence-electron chi connectivity index (χ1n) is 5.90. The topological polar surface area (TPSA) is 69.7 Å². The molecular formula is C11H15N3O3. The number of hydrogen-bond donors (Lipinski definition) is 1. The molecule has 3 heterocycles. The van der Waals surface area contributed by atoms with Crippen molar-refractivity contribution in [2.45, 2.75) is 0 Å². The number of carbonyl (C=O) groups is 3. The first kappa shape index (κ1) is 10.7. The van der Waals surface area contributed by atoms with Gasteiger partial charge in [-0.15, -0.1) is 0 Å². The monoisotopic (exact) mass is 237 g/mol. The molecule has 3 amide bonds. The van der Waals surface area contributed by atoms with Gasteiger partial charge in [-0.05, 0) is 0 Å². The largest absolute Gasteiger partial charge is 0.341 e. The van der Waals surface area contributed by atoms with Crippen molar-refractivity contribution in [1.82, 2.24) is 15.1 Å². The number of amides is 3. The summed E-state index contributed by atoms with van der Waals surface area (Å²) in [4.78, 5) is 38.4. The third-order valence-corrected chi connectivity index (χ3v) is 4.06. The van der Waals surface area contributed by atoms with Gasteiger partial charge in [-0.3, -0.25) is 19.3 Å². The zero-order valence-electron chi connectivity index (χ0n) is 9.68. The van der Waals surface area contributed by atoms with Crippen LogP contribution < -0.4 is 5.32 Å². The van der Waals surface area contributed by atoms with Crippen molar-refractivity contribution < 1.29 is 14.4 Å².